The van der Waals surface area contributed by atoms with E-state index < -0.39 is 0 Å². The van der Waals surface area contributed by atoms with Crippen molar-refractivity contribution in [3.63, 3.8) is 0 Å². The Morgan fingerprint density at radius 3 is 2.94 bits per heavy atom. The van der Waals surface area contributed by atoms with E-state index in [1.165, 1.54) is 49.9 Å². The van der Waals surface area contributed by atoms with Gasteiger partial charge in [0.15, 0.2) is 0 Å². The number of anilines is 1. The van der Waals surface area contributed by atoms with Crippen LogP contribution < -0.4 is 5.32 Å². The third kappa shape index (κ3) is 3.49. The second kappa shape index (κ2) is 6.79. The zero-order valence-corrected chi connectivity index (χ0v) is 11.8. The van der Waals surface area contributed by atoms with Crippen LogP contribution in [-0.4, -0.2) is 31.1 Å². The van der Waals surface area contributed by atoms with Crippen LogP contribution in [0.4, 0.5) is 5.69 Å². The van der Waals surface area contributed by atoms with Gasteiger partial charge < -0.3 is 10.2 Å². The molecule has 1 heterocycles. The second-order valence-electron chi connectivity index (χ2n) is 5.42. The van der Waals surface area contributed by atoms with Gasteiger partial charge in [0.05, 0.1) is 0 Å². The zero-order valence-electron chi connectivity index (χ0n) is 11.8. The summed E-state index contributed by atoms with van der Waals surface area (Å²) < 4.78 is 0. The Kier molecular flexibility index (Phi) is 5.06. The fraction of sp³-hybridized carbons (Fsp3) is 0.625. The second-order valence-corrected chi connectivity index (χ2v) is 5.42. The van der Waals surface area contributed by atoms with Gasteiger partial charge in [-0.3, -0.25) is 0 Å². The largest absolute Gasteiger partial charge is 0.383 e. The highest BCUT2D eigenvalue weighted by Crippen LogP contribution is 2.22. The van der Waals surface area contributed by atoms with Gasteiger partial charge in [-0.25, -0.2) is 0 Å². The monoisotopic (exact) mass is 246 g/mol. The molecule has 0 fully saturated rings. The highest BCUT2D eigenvalue weighted by Gasteiger charge is 2.18. The maximum absolute atomic E-state index is 3.60. The van der Waals surface area contributed by atoms with Crippen molar-refractivity contribution in [2.24, 2.45) is 0 Å². The van der Waals surface area contributed by atoms with E-state index in [9.17, 15) is 0 Å². The van der Waals surface area contributed by atoms with Crippen molar-refractivity contribution >= 4 is 5.69 Å². The topological polar surface area (TPSA) is 15.3 Å². The van der Waals surface area contributed by atoms with Crippen LogP contribution >= 0.6 is 0 Å². The number of nitrogens with zero attached hydrogens (tertiary/aromatic N) is 1. The zero-order chi connectivity index (χ0) is 12.8. The summed E-state index contributed by atoms with van der Waals surface area (Å²) >= 11 is 0. The summed E-state index contributed by atoms with van der Waals surface area (Å²) in [6.07, 6.45) is 6.46. The Morgan fingerprint density at radius 1 is 1.28 bits per heavy atom. The highest BCUT2D eigenvalue weighted by atomic mass is 15.1. The van der Waals surface area contributed by atoms with Crippen LogP contribution in [0.3, 0.4) is 0 Å². The number of hydrogen-bond acceptors (Lipinski definition) is 2. The van der Waals surface area contributed by atoms with E-state index in [2.05, 4.69) is 48.5 Å². The molecule has 1 N–H and O–H groups in total. The molecule has 2 heteroatoms. The molecule has 0 radical (unpaired) electrons. The molecule has 0 amide bonds. The van der Waals surface area contributed by atoms with Gasteiger partial charge in [-0.05, 0) is 44.5 Å². The molecule has 1 aromatic carbocycles. The minimum absolute atomic E-state index is 0.675. The quantitative estimate of drug-likeness (QED) is 0.800. The predicted molar refractivity (Wildman–Crippen MR) is 79.2 cm³/mol. The average Bonchev–Trinajstić information content (AvgIpc) is 2.61. The number of fused-ring (bicyclic) bond motifs is 1. The summed E-state index contributed by atoms with van der Waals surface area (Å²) in [6, 6.07) is 9.40. The van der Waals surface area contributed by atoms with Crippen LogP contribution in [0.2, 0.25) is 0 Å². The molecule has 0 aliphatic carbocycles. The number of aryl methyl sites for hydroxylation is 1. The molecule has 1 aliphatic heterocycles. The lowest BCUT2D eigenvalue weighted by Crippen LogP contribution is -2.37. The summed E-state index contributed by atoms with van der Waals surface area (Å²) in [5.41, 5.74) is 2.81. The summed E-state index contributed by atoms with van der Waals surface area (Å²) in [7, 11) is 2.28. The van der Waals surface area contributed by atoms with Crippen molar-refractivity contribution in [3.05, 3.63) is 29.8 Å². The van der Waals surface area contributed by atoms with Gasteiger partial charge in [0.25, 0.3) is 0 Å². The number of nitrogens with one attached hydrogen (secondary N) is 1. The maximum Gasteiger partial charge on any atom is 0.0373 e. The number of unbranched alkanes of at least 4 members (excludes halogenated alkanes) is 2. The molecule has 0 aromatic heterocycles. The number of benzene rings is 1. The van der Waals surface area contributed by atoms with Crippen LogP contribution in [0.25, 0.3) is 0 Å². The molecule has 100 valence electrons. The van der Waals surface area contributed by atoms with E-state index in [1.807, 2.05) is 0 Å². The Hall–Kier alpha value is -1.02. The van der Waals surface area contributed by atoms with Gasteiger partial charge in [0.2, 0.25) is 0 Å². The van der Waals surface area contributed by atoms with Crippen LogP contribution in [0.5, 0.6) is 0 Å². The number of para-hydroxylation sites is 1. The molecule has 0 bridgehead atoms. The number of rotatable bonds is 5. The van der Waals surface area contributed by atoms with E-state index in [0.29, 0.717) is 6.04 Å². The minimum atomic E-state index is 0.675. The van der Waals surface area contributed by atoms with Crippen molar-refractivity contribution in [2.75, 3.05) is 25.5 Å². The first kappa shape index (κ1) is 13.4. The number of likely N-dealkylation sites (N-methyl/N-ethyl adjacent to an activating group) is 1. The van der Waals surface area contributed by atoms with Gasteiger partial charge >= 0.3 is 0 Å². The minimum Gasteiger partial charge on any atom is -0.383 e. The van der Waals surface area contributed by atoms with Crippen LogP contribution in [0.1, 0.15) is 38.2 Å². The Morgan fingerprint density at radius 2 is 2.11 bits per heavy atom. The molecule has 0 saturated carbocycles. The standard InChI is InChI=1S/C16H26N2/c1-3-4-7-12-18(2)15-11-10-14-8-5-6-9-16(14)17-13-15/h5-6,8-9,15,17H,3-4,7,10-13H2,1-2H3. The summed E-state index contributed by atoms with van der Waals surface area (Å²) in [4.78, 5) is 2.54. The first-order chi connectivity index (χ1) is 8.81. The average molecular weight is 246 g/mol. The molecular weight excluding hydrogens is 220 g/mol. The molecule has 1 unspecified atom stereocenters. The summed E-state index contributed by atoms with van der Waals surface area (Å²) in [5, 5.41) is 3.60. The lowest BCUT2D eigenvalue weighted by molar-refractivity contribution is 0.237. The molecule has 1 atom stereocenters. The van der Waals surface area contributed by atoms with Gasteiger partial charge in [0, 0.05) is 18.3 Å². The van der Waals surface area contributed by atoms with Gasteiger partial charge in [0.1, 0.15) is 0 Å². The Labute approximate surface area is 111 Å². The van der Waals surface area contributed by atoms with Gasteiger partial charge in [-0.1, -0.05) is 38.0 Å². The molecule has 0 spiro atoms. The first-order valence-corrected chi connectivity index (χ1v) is 7.33. The van der Waals surface area contributed by atoms with E-state index in [1.54, 1.807) is 0 Å². The molecule has 18 heavy (non-hydrogen) atoms. The van der Waals surface area contributed by atoms with E-state index in [0.717, 1.165) is 6.54 Å². The fourth-order valence-corrected chi connectivity index (χ4v) is 2.73. The molecule has 0 saturated heterocycles. The third-order valence-electron chi connectivity index (χ3n) is 4.03. The SMILES string of the molecule is CCCCCN(C)C1CCc2ccccc2NC1. The Balaban J connectivity index is 1.87. The molecular formula is C16H26N2. The summed E-state index contributed by atoms with van der Waals surface area (Å²) in [5.74, 6) is 0. The van der Waals surface area contributed by atoms with Crippen LogP contribution in [-0.2, 0) is 6.42 Å². The molecule has 2 nitrogen and oxygen atoms in total. The molecule has 1 aliphatic rings. The summed E-state index contributed by atoms with van der Waals surface area (Å²) in [6.45, 7) is 4.58. The maximum atomic E-state index is 3.60. The highest BCUT2D eigenvalue weighted by molar-refractivity contribution is 5.52. The fourth-order valence-electron chi connectivity index (χ4n) is 2.73. The van der Waals surface area contributed by atoms with Gasteiger partial charge in [-0.15, -0.1) is 0 Å². The van der Waals surface area contributed by atoms with E-state index in [4.69, 9.17) is 0 Å². The lowest BCUT2D eigenvalue weighted by Gasteiger charge is -2.27. The molecule has 2 rings (SSSR count). The predicted octanol–water partition coefficient (Wildman–Crippen LogP) is 3.54. The van der Waals surface area contributed by atoms with Crippen molar-refractivity contribution < 1.29 is 0 Å². The van der Waals surface area contributed by atoms with Crippen molar-refractivity contribution in [1.82, 2.24) is 4.90 Å². The Bertz CT molecular complexity index is 335. The van der Waals surface area contributed by atoms with Gasteiger partial charge in [-0.2, -0.15) is 0 Å². The smallest absolute Gasteiger partial charge is 0.0373 e. The van der Waals surface area contributed by atoms with E-state index >= 15 is 0 Å². The lowest BCUT2D eigenvalue weighted by atomic mass is 10.1. The van der Waals surface area contributed by atoms with Crippen molar-refractivity contribution in [3.8, 4) is 0 Å². The third-order valence-corrected chi connectivity index (χ3v) is 4.03. The number of hydrogen-bond donors (Lipinski definition) is 1. The normalized spacial score (nSPS) is 19.2. The van der Waals surface area contributed by atoms with Crippen molar-refractivity contribution in [1.29, 1.82) is 0 Å². The van der Waals surface area contributed by atoms with Crippen LogP contribution in [0.15, 0.2) is 24.3 Å². The van der Waals surface area contributed by atoms with E-state index in [-0.39, 0.29) is 0 Å². The van der Waals surface area contributed by atoms with Crippen LogP contribution in [0, 0.1) is 0 Å². The molecule has 1 aromatic rings. The first-order valence-electron chi connectivity index (χ1n) is 7.33. The van der Waals surface area contributed by atoms with Crippen molar-refractivity contribution in [2.45, 2.75) is 45.1 Å².